The molecule has 182 valence electrons. The van der Waals surface area contributed by atoms with Crippen LogP contribution < -0.4 is 0 Å². The van der Waals surface area contributed by atoms with E-state index in [4.69, 9.17) is 37.2 Å². The molecule has 1 unspecified atom stereocenters. The van der Waals surface area contributed by atoms with Gasteiger partial charge in [0.2, 0.25) is 0 Å². The number of benzene rings is 1. The van der Waals surface area contributed by atoms with Crippen LogP contribution in [-0.2, 0) is 9.47 Å². The van der Waals surface area contributed by atoms with Crippen molar-refractivity contribution in [1.29, 1.82) is 0 Å². The normalized spacial score (nSPS) is 24.3. The second-order valence-corrected chi connectivity index (χ2v) is 11.2. The SMILES string of the molecule is CC(C)(C)OC(=O)N1[C@@H]2CC[C@H]1CC(OC(=O)c1c(-c3c(Cl)cccc3Cl)noc1C1CC1)C2. The molecule has 1 saturated carbocycles. The molecule has 2 aromatic rings. The minimum Gasteiger partial charge on any atom is -0.458 e. The van der Waals surface area contributed by atoms with E-state index in [1.807, 2.05) is 25.7 Å². The van der Waals surface area contributed by atoms with Gasteiger partial charge >= 0.3 is 12.1 Å². The number of amides is 1. The van der Waals surface area contributed by atoms with Gasteiger partial charge in [-0.25, -0.2) is 9.59 Å². The average Bonchev–Trinajstić information content (AvgIpc) is 3.43. The van der Waals surface area contributed by atoms with Crippen LogP contribution in [0.3, 0.4) is 0 Å². The van der Waals surface area contributed by atoms with Crippen LogP contribution in [0.4, 0.5) is 4.79 Å². The molecule has 3 heterocycles. The topological polar surface area (TPSA) is 81.9 Å². The first-order valence-corrected chi connectivity index (χ1v) is 12.5. The maximum absolute atomic E-state index is 13.5. The maximum atomic E-state index is 13.5. The van der Waals surface area contributed by atoms with Crippen molar-refractivity contribution in [3.8, 4) is 11.3 Å². The van der Waals surface area contributed by atoms with Crippen molar-refractivity contribution >= 4 is 35.3 Å². The molecule has 1 amide bonds. The van der Waals surface area contributed by atoms with Crippen LogP contribution in [0.15, 0.2) is 22.7 Å². The van der Waals surface area contributed by atoms with Gasteiger partial charge in [-0.15, -0.1) is 0 Å². The summed E-state index contributed by atoms with van der Waals surface area (Å²) < 4.78 is 17.2. The smallest absolute Gasteiger partial charge is 0.410 e. The fraction of sp³-hybridized carbons (Fsp3) is 0.560. The number of halogens is 2. The minimum atomic E-state index is -0.552. The van der Waals surface area contributed by atoms with Gasteiger partial charge in [0, 0.05) is 36.4 Å². The summed E-state index contributed by atoms with van der Waals surface area (Å²) in [4.78, 5) is 28.0. The average molecular weight is 507 g/mol. The van der Waals surface area contributed by atoms with Gasteiger partial charge in [-0.2, -0.15) is 0 Å². The third-order valence-corrected chi connectivity index (χ3v) is 7.27. The highest BCUT2D eigenvalue weighted by molar-refractivity contribution is 6.39. The minimum absolute atomic E-state index is 0.00531. The van der Waals surface area contributed by atoms with E-state index >= 15 is 0 Å². The zero-order chi connectivity index (χ0) is 24.2. The van der Waals surface area contributed by atoms with Gasteiger partial charge < -0.3 is 18.9 Å². The summed E-state index contributed by atoms with van der Waals surface area (Å²) in [5, 5.41) is 4.96. The van der Waals surface area contributed by atoms with Gasteiger partial charge in [-0.05, 0) is 58.6 Å². The lowest BCUT2D eigenvalue weighted by atomic mass is 9.99. The molecule has 0 N–H and O–H groups in total. The van der Waals surface area contributed by atoms with Crippen molar-refractivity contribution in [2.24, 2.45) is 0 Å². The van der Waals surface area contributed by atoms with Crippen LogP contribution in [0.5, 0.6) is 0 Å². The van der Waals surface area contributed by atoms with Crippen LogP contribution in [0.2, 0.25) is 10.0 Å². The third kappa shape index (κ3) is 4.52. The van der Waals surface area contributed by atoms with Crippen LogP contribution in [0.1, 0.15) is 81.3 Å². The van der Waals surface area contributed by atoms with Crippen molar-refractivity contribution in [1.82, 2.24) is 10.1 Å². The molecule has 1 aliphatic carbocycles. The number of hydrogen-bond acceptors (Lipinski definition) is 6. The van der Waals surface area contributed by atoms with Crippen LogP contribution >= 0.6 is 23.2 Å². The molecular weight excluding hydrogens is 479 g/mol. The Bertz CT molecular complexity index is 1090. The second-order valence-electron chi connectivity index (χ2n) is 10.4. The summed E-state index contributed by atoms with van der Waals surface area (Å²) >= 11 is 12.8. The van der Waals surface area contributed by atoms with Gasteiger partial charge in [-0.3, -0.25) is 0 Å². The molecule has 0 radical (unpaired) electrons. The molecule has 9 heteroatoms. The number of carbonyl (C=O) groups is 2. The summed E-state index contributed by atoms with van der Waals surface area (Å²) in [5.41, 5.74) is 0.535. The molecule has 1 aromatic carbocycles. The monoisotopic (exact) mass is 506 g/mol. The standard InChI is InChI=1S/C25H28Cl2N2O5/c1-25(2,3)33-24(31)29-14-9-10-15(29)12-16(11-14)32-23(30)20-21(28-34-22(20)13-7-8-13)19-17(26)5-4-6-18(19)27/h4-6,13-16H,7-12H2,1-3H3/t14-,15+,16?. The number of fused-ring (bicyclic) bond motifs is 2. The summed E-state index contributed by atoms with van der Waals surface area (Å²) in [6, 6.07) is 5.13. The number of ether oxygens (including phenoxy) is 2. The zero-order valence-electron chi connectivity index (χ0n) is 19.5. The molecule has 3 aliphatic rings. The largest absolute Gasteiger partial charge is 0.458 e. The van der Waals surface area contributed by atoms with Gasteiger partial charge in [-0.1, -0.05) is 34.4 Å². The Kier molecular flexibility index (Phi) is 6.05. The molecule has 3 fully saturated rings. The number of esters is 1. The second kappa shape index (κ2) is 8.76. The van der Waals surface area contributed by atoms with E-state index in [2.05, 4.69) is 5.16 Å². The zero-order valence-corrected chi connectivity index (χ0v) is 21.0. The number of carbonyl (C=O) groups excluding carboxylic acids is 2. The first kappa shape index (κ1) is 23.5. The Morgan fingerprint density at radius 2 is 1.68 bits per heavy atom. The molecule has 0 spiro atoms. The number of aromatic nitrogens is 1. The van der Waals surface area contributed by atoms with E-state index < -0.39 is 11.6 Å². The first-order valence-electron chi connectivity index (χ1n) is 11.8. The lowest BCUT2D eigenvalue weighted by Crippen LogP contribution is -2.50. The molecule has 2 aliphatic heterocycles. The summed E-state index contributed by atoms with van der Waals surface area (Å²) in [5.74, 6) is 0.199. The predicted molar refractivity (Wildman–Crippen MR) is 127 cm³/mol. The van der Waals surface area contributed by atoms with Crippen LogP contribution in [0, 0.1) is 0 Å². The predicted octanol–water partition coefficient (Wildman–Crippen LogP) is 6.61. The number of nitrogens with zero attached hydrogens (tertiary/aromatic N) is 2. The highest BCUT2D eigenvalue weighted by atomic mass is 35.5. The Hall–Kier alpha value is -2.25. The molecule has 34 heavy (non-hydrogen) atoms. The first-order chi connectivity index (χ1) is 16.1. The molecular formula is C25H28Cl2N2O5. The van der Waals surface area contributed by atoms with E-state index in [0.717, 1.165) is 25.7 Å². The van der Waals surface area contributed by atoms with Crippen molar-refractivity contribution in [3.05, 3.63) is 39.6 Å². The van der Waals surface area contributed by atoms with Crippen molar-refractivity contribution in [2.45, 2.75) is 89.0 Å². The van der Waals surface area contributed by atoms with E-state index in [1.54, 1.807) is 18.2 Å². The fourth-order valence-corrected chi connectivity index (χ4v) is 5.64. The highest BCUT2D eigenvalue weighted by Crippen LogP contribution is 2.46. The Labute approximate surface area is 208 Å². The third-order valence-electron chi connectivity index (χ3n) is 6.64. The van der Waals surface area contributed by atoms with Gasteiger partial charge in [0.15, 0.2) is 5.76 Å². The number of rotatable bonds is 4. The van der Waals surface area contributed by atoms with Gasteiger partial charge in [0.05, 0.1) is 10.0 Å². The quantitative estimate of drug-likeness (QED) is 0.433. The fourth-order valence-electron chi connectivity index (χ4n) is 5.07. The molecule has 2 saturated heterocycles. The Morgan fingerprint density at radius 1 is 1.06 bits per heavy atom. The van der Waals surface area contributed by atoms with E-state index in [0.29, 0.717) is 45.5 Å². The molecule has 7 nitrogen and oxygen atoms in total. The molecule has 1 aromatic heterocycles. The van der Waals surface area contributed by atoms with Crippen molar-refractivity contribution < 1.29 is 23.6 Å². The lowest BCUT2D eigenvalue weighted by molar-refractivity contribution is -0.0226. The number of piperidine rings is 1. The number of hydrogen-bond donors (Lipinski definition) is 0. The summed E-state index contributed by atoms with van der Waals surface area (Å²) in [6.45, 7) is 5.59. The molecule has 3 atom stereocenters. The van der Waals surface area contributed by atoms with E-state index in [1.165, 1.54) is 0 Å². The van der Waals surface area contributed by atoms with Crippen LogP contribution in [0.25, 0.3) is 11.3 Å². The Balaban J connectivity index is 1.36. The van der Waals surface area contributed by atoms with E-state index in [9.17, 15) is 9.59 Å². The summed E-state index contributed by atoms with van der Waals surface area (Å²) in [6.07, 6.45) is 4.17. The Morgan fingerprint density at radius 3 is 2.24 bits per heavy atom. The molecule has 2 bridgehead atoms. The van der Waals surface area contributed by atoms with Gasteiger partial charge in [0.1, 0.15) is 23.0 Å². The highest BCUT2D eigenvalue weighted by Gasteiger charge is 2.46. The van der Waals surface area contributed by atoms with Gasteiger partial charge in [0.25, 0.3) is 0 Å². The molecule has 5 rings (SSSR count). The van der Waals surface area contributed by atoms with Crippen molar-refractivity contribution in [2.75, 3.05) is 0 Å². The summed E-state index contributed by atoms with van der Waals surface area (Å²) in [7, 11) is 0. The lowest BCUT2D eigenvalue weighted by Gasteiger charge is -2.39. The maximum Gasteiger partial charge on any atom is 0.410 e. The van der Waals surface area contributed by atoms with E-state index in [-0.39, 0.29) is 30.2 Å². The van der Waals surface area contributed by atoms with Crippen molar-refractivity contribution in [3.63, 3.8) is 0 Å². The van der Waals surface area contributed by atoms with Crippen LogP contribution in [-0.4, -0.2) is 45.9 Å².